The molecule has 1 aliphatic rings. The summed E-state index contributed by atoms with van der Waals surface area (Å²) in [6.07, 6.45) is 0.403. The summed E-state index contributed by atoms with van der Waals surface area (Å²) in [6.45, 7) is 5.13. The molecule has 1 saturated heterocycles. The predicted octanol–water partition coefficient (Wildman–Crippen LogP) is 4.34. The number of azide groups is 1. The van der Waals surface area contributed by atoms with Gasteiger partial charge < -0.3 is 18.9 Å². The van der Waals surface area contributed by atoms with Gasteiger partial charge in [0.1, 0.15) is 6.10 Å². The highest BCUT2D eigenvalue weighted by atomic mass is 32.2. The SMILES string of the molecule is CCCOCCOCCOCCCC(=O)c1cccc(S(=O)(=O)CC(CCCCCN=[N+]=[N-])OC(=O)ON2C(=O)CCC2=O)c1. The molecule has 1 aromatic carbocycles. The molecule has 2 rings (SSSR count). The van der Waals surface area contributed by atoms with E-state index in [2.05, 4.69) is 10.0 Å². The van der Waals surface area contributed by atoms with Crippen molar-refractivity contribution in [1.29, 1.82) is 0 Å². The van der Waals surface area contributed by atoms with Gasteiger partial charge in [-0.05, 0) is 49.8 Å². The third kappa shape index (κ3) is 14.8. The van der Waals surface area contributed by atoms with Crippen molar-refractivity contribution in [1.82, 2.24) is 5.06 Å². The molecule has 15 nitrogen and oxygen atoms in total. The molecular weight excluding hydrogens is 612 g/mol. The van der Waals surface area contributed by atoms with E-state index in [9.17, 15) is 27.6 Å². The Morgan fingerprint density at radius 3 is 2.29 bits per heavy atom. The van der Waals surface area contributed by atoms with E-state index in [0.717, 1.165) is 6.42 Å². The van der Waals surface area contributed by atoms with Crippen LogP contribution < -0.4 is 0 Å². The van der Waals surface area contributed by atoms with Gasteiger partial charge in [0.25, 0.3) is 11.8 Å². The minimum Gasteiger partial charge on any atom is -0.428 e. The van der Waals surface area contributed by atoms with E-state index in [-0.39, 0.29) is 48.5 Å². The van der Waals surface area contributed by atoms with Crippen molar-refractivity contribution in [2.75, 3.05) is 51.9 Å². The Labute approximate surface area is 263 Å². The number of hydroxylamine groups is 2. The number of Topliss-reactive ketones (excluding diaryl/α,β-unsaturated/α-hetero) is 1. The number of nitrogens with zero attached hydrogens (tertiary/aromatic N) is 4. The van der Waals surface area contributed by atoms with Crippen LogP contribution in [-0.4, -0.2) is 95.3 Å². The van der Waals surface area contributed by atoms with Crippen LogP contribution in [0.1, 0.15) is 75.1 Å². The molecule has 0 spiro atoms. The fourth-order valence-corrected chi connectivity index (χ4v) is 5.72. The molecule has 0 aliphatic carbocycles. The Bertz CT molecular complexity index is 1250. The van der Waals surface area contributed by atoms with Crippen LogP contribution in [0.4, 0.5) is 4.79 Å². The normalized spacial score (nSPS) is 13.8. The molecule has 0 N–H and O–H groups in total. The number of sulfone groups is 1. The number of carbonyl (C=O) groups is 4. The third-order valence-electron chi connectivity index (χ3n) is 6.49. The second kappa shape index (κ2) is 21.2. The number of amides is 2. The first-order chi connectivity index (χ1) is 21.7. The van der Waals surface area contributed by atoms with Crippen molar-refractivity contribution >= 4 is 33.6 Å². The molecule has 250 valence electrons. The topological polar surface area (TPSA) is 201 Å². The Balaban J connectivity index is 1.91. The maximum atomic E-state index is 13.3. The molecule has 0 aromatic heterocycles. The predicted molar refractivity (Wildman–Crippen MR) is 160 cm³/mol. The zero-order valence-electron chi connectivity index (χ0n) is 25.6. The van der Waals surface area contributed by atoms with Gasteiger partial charge in [-0.25, -0.2) is 13.2 Å². The third-order valence-corrected chi connectivity index (χ3v) is 8.27. The van der Waals surface area contributed by atoms with E-state index >= 15 is 0 Å². The second-order valence-corrected chi connectivity index (χ2v) is 12.2. The summed E-state index contributed by atoms with van der Waals surface area (Å²) >= 11 is 0. The van der Waals surface area contributed by atoms with Crippen molar-refractivity contribution in [3.63, 3.8) is 0 Å². The van der Waals surface area contributed by atoms with Crippen LogP contribution in [0.5, 0.6) is 0 Å². The van der Waals surface area contributed by atoms with Gasteiger partial charge in [0, 0.05) is 49.5 Å². The highest BCUT2D eigenvalue weighted by Gasteiger charge is 2.34. The fraction of sp³-hybridized carbons (Fsp3) is 0.655. The van der Waals surface area contributed by atoms with Crippen LogP contribution in [0, 0.1) is 0 Å². The van der Waals surface area contributed by atoms with E-state index in [0.29, 0.717) is 70.4 Å². The van der Waals surface area contributed by atoms with Crippen LogP contribution >= 0.6 is 0 Å². The van der Waals surface area contributed by atoms with E-state index < -0.39 is 39.7 Å². The summed E-state index contributed by atoms with van der Waals surface area (Å²) in [7, 11) is -4.05. The van der Waals surface area contributed by atoms with E-state index in [4.69, 9.17) is 29.3 Å². The van der Waals surface area contributed by atoms with Crippen molar-refractivity contribution in [3.05, 3.63) is 40.3 Å². The van der Waals surface area contributed by atoms with E-state index in [1.54, 1.807) is 0 Å². The van der Waals surface area contributed by atoms with Crippen LogP contribution in [0.3, 0.4) is 0 Å². The van der Waals surface area contributed by atoms with Crippen molar-refractivity contribution < 1.29 is 51.4 Å². The summed E-state index contributed by atoms with van der Waals surface area (Å²) in [5, 5.41) is 3.76. The van der Waals surface area contributed by atoms with Crippen LogP contribution in [0.25, 0.3) is 10.4 Å². The van der Waals surface area contributed by atoms with Gasteiger partial charge in [0.2, 0.25) is 0 Å². The first kappa shape index (κ1) is 37.6. The lowest BCUT2D eigenvalue weighted by Crippen LogP contribution is -2.35. The highest BCUT2D eigenvalue weighted by Crippen LogP contribution is 2.20. The standard InChI is InChI=1S/C29H42N4O11S/c1-2-15-40-17-19-42-20-18-41-16-7-11-26(34)23-8-6-10-25(21-23)45(38,39)22-24(9-4-3-5-14-31-32-30)43-29(37)44-33-27(35)12-13-28(33)36/h6,8,10,21,24H,2-5,7,9,11-20,22H2,1H3. The first-order valence-corrected chi connectivity index (χ1v) is 16.7. The van der Waals surface area contributed by atoms with Gasteiger partial charge in [0.05, 0.1) is 37.1 Å². The van der Waals surface area contributed by atoms with Gasteiger partial charge in [-0.2, -0.15) is 0 Å². The molecule has 0 saturated carbocycles. The molecule has 1 fully saturated rings. The molecule has 1 heterocycles. The Hall–Kier alpha value is -3.56. The van der Waals surface area contributed by atoms with E-state index in [1.165, 1.54) is 24.3 Å². The summed E-state index contributed by atoms with van der Waals surface area (Å²) in [6, 6.07) is 5.61. The number of ether oxygens (including phenoxy) is 4. The van der Waals surface area contributed by atoms with Gasteiger partial charge in [-0.3, -0.25) is 19.2 Å². The first-order valence-electron chi connectivity index (χ1n) is 15.0. The molecule has 45 heavy (non-hydrogen) atoms. The molecule has 1 aliphatic heterocycles. The van der Waals surface area contributed by atoms with Crippen LogP contribution in [0.15, 0.2) is 34.3 Å². The van der Waals surface area contributed by atoms with Crippen LogP contribution in [-0.2, 0) is 43.2 Å². The van der Waals surface area contributed by atoms with Gasteiger partial charge in [-0.15, -0.1) is 0 Å². The number of hydrogen-bond acceptors (Lipinski definition) is 12. The number of imide groups is 1. The molecular formula is C29H42N4O11S. The largest absolute Gasteiger partial charge is 0.534 e. The number of hydrogen-bond donors (Lipinski definition) is 0. The quantitative estimate of drug-likeness (QED) is 0.0292. The molecule has 16 heteroatoms. The number of rotatable bonds is 24. The average Bonchev–Trinajstić information content (AvgIpc) is 3.33. The Kier molecular flexibility index (Phi) is 17.7. The summed E-state index contributed by atoms with van der Waals surface area (Å²) in [5.74, 6) is -2.29. The summed E-state index contributed by atoms with van der Waals surface area (Å²) < 4.78 is 48.1. The highest BCUT2D eigenvalue weighted by molar-refractivity contribution is 7.91. The number of carbonyl (C=O) groups excluding carboxylic acids is 4. The molecule has 0 bridgehead atoms. The average molecular weight is 655 g/mol. The van der Waals surface area contributed by atoms with Crippen LogP contribution in [0.2, 0.25) is 0 Å². The fourth-order valence-electron chi connectivity index (χ4n) is 4.21. The number of benzene rings is 1. The lowest BCUT2D eigenvalue weighted by molar-refractivity contribution is -0.178. The monoisotopic (exact) mass is 654 g/mol. The Morgan fingerprint density at radius 1 is 0.956 bits per heavy atom. The molecule has 1 unspecified atom stereocenters. The van der Waals surface area contributed by atoms with Gasteiger partial charge >= 0.3 is 6.16 Å². The van der Waals surface area contributed by atoms with E-state index in [1.807, 2.05) is 6.92 Å². The second-order valence-electron chi connectivity index (χ2n) is 10.1. The zero-order chi connectivity index (χ0) is 32.9. The molecule has 1 atom stereocenters. The van der Waals surface area contributed by atoms with Gasteiger partial charge in [0.15, 0.2) is 15.6 Å². The van der Waals surface area contributed by atoms with Crippen molar-refractivity contribution in [2.24, 2.45) is 5.11 Å². The minimum atomic E-state index is -4.05. The lowest BCUT2D eigenvalue weighted by atomic mass is 10.1. The summed E-state index contributed by atoms with van der Waals surface area (Å²) in [5.41, 5.74) is 8.62. The van der Waals surface area contributed by atoms with Crippen molar-refractivity contribution in [2.45, 2.75) is 75.7 Å². The molecule has 1 aromatic rings. The maximum Gasteiger partial charge on any atom is 0.534 e. The number of ketones is 1. The van der Waals surface area contributed by atoms with Gasteiger partial charge in [-0.1, -0.05) is 35.7 Å². The molecule has 2 amide bonds. The maximum absolute atomic E-state index is 13.3. The zero-order valence-corrected chi connectivity index (χ0v) is 26.4. The smallest absolute Gasteiger partial charge is 0.428 e. The number of unbranched alkanes of at least 4 members (excludes halogenated alkanes) is 2. The Morgan fingerprint density at radius 2 is 1.62 bits per heavy atom. The minimum absolute atomic E-state index is 0.110. The molecule has 0 radical (unpaired) electrons. The van der Waals surface area contributed by atoms with Crippen molar-refractivity contribution in [3.8, 4) is 0 Å². The summed E-state index contributed by atoms with van der Waals surface area (Å²) in [4.78, 5) is 56.0. The lowest BCUT2D eigenvalue weighted by Gasteiger charge is -2.19.